The maximum Gasteiger partial charge on any atom is 0.261 e. The Morgan fingerprint density at radius 1 is 1.29 bits per heavy atom. The standard InChI is InChI=1S/C11H16N2O3S/c14-7-6-12-10(15)4-1-5-13-11(16)9-3-2-8-17-9/h2-3,8,14H,1,4-7H2,(H,12,15)(H,13,16). The molecule has 1 rings (SSSR count). The van der Waals surface area contributed by atoms with Crippen molar-refractivity contribution in [2.75, 3.05) is 19.7 Å². The Hall–Kier alpha value is -1.40. The summed E-state index contributed by atoms with van der Waals surface area (Å²) in [5, 5.41) is 15.6. The summed E-state index contributed by atoms with van der Waals surface area (Å²) in [7, 11) is 0. The topological polar surface area (TPSA) is 78.4 Å². The molecule has 0 bridgehead atoms. The van der Waals surface area contributed by atoms with Gasteiger partial charge in [0.2, 0.25) is 5.91 Å². The lowest BCUT2D eigenvalue weighted by Crippen LogP contribution is -2.28. The van der Waals surface area contributed by atoms with Crippen LogP contribution in [0.2, 0.25) is 0 Å². The lowest BCUT2D eigenvalue weighted by Gasteiger charge is -2.04. The highest BCUT2D eigenvalue weighted by Crippen LogP contribution is 2.07. The van der Waals surface area contributed by atoms with E-state index in [2.05, 4.69) is 10.6 Å². The van der Waals surface area contributed by atoms with E-state index >= 15 is 0 Å². The van der Waals surface area contributed by atoms with E-state index in [1.165, 1.54) is 11.3 Å². The normalized spacial score (nSPS) is 9.94. The lowest BCUT2D eigenvalue weighted by molar-refractivity contribution is -0.121. The van der Waals surface area contributed by atoms with Crippen molar-refractivity contribution < 1.29 is 14.7 Å². The predicted molar refractivity (Wildman–Crippen MR) is 66.0 cm³/mol. The lowest BCUT2D eigenvalue weighted by atomic mass is 10.3. The number of carbonyl (C=O) groups excluding carboxylic acids is 2. The molecule has 94 valence electrons. The first kappa shape index (κ1) is 13.7. The number of hydrogen-bond acceptors (Lipinski definition) is 4. The molecule has 0 spiro atoms. The van der Waals surface area contributed by atoms with Crippen LogP contribution in [0.5, 0.6) is 0 Å². The Bertz CT molecular complexity index is 352. The molecule has 0 radical (unpaired) electrons. The molecule has 0 atom stereocenters. The summed E-state index contributed by atoms with van der Waals surface area (Å²) in [6.45, 7) is 0.699. The molecule has 0 unspecified atom stereocenters. The van der Waals surface area contributed by atoms with E-state index in [9.17, 15) is 9.59 Å². The summed E-state index contributed by atoms with van der Waals surface area (Å²) in [4.78, 5) is 23.3. The fourth-order valence-corrected chi connectivity index (χ4v) is 1.87. The summed E-state index contributed by atoms with van der Waals surface area (Å²) in [6, 6.07) is 3.58. The van der Waals surface area contributed by atoms with Gasteiger partial charge in [0.1, 0.15) is 0 Å². The van der Waals surface area contributed by atoms with Gasteiger partial charge in [-0.1, -0.05) is 6.07 Å². The third-order valence-electron chi connectivity index (χ3n) is 2.05. The van der Waals surface area contributed by atoms with Gasteiger partial charge in [-0.25, -0.2) is 0 Å². The quantitative estimate of drug-likeness (QED) is 0.617. The van der Waals surface area contributed by atoms with Gasteiger partial charge in [0.25, 0.3) is 5.91 Å². The minimum atomic E-state index is -0.107. The number of nitrogens with one attached hydrogen (secondary N) is 2. The Balaban J connectivity index is 2.08. The summed E-state index contributed by atoms with van der Waals surface area (Å²) >= 11 is 1.39. The van der Waals surface area contributed by atoms with Crippen LogP contribution in [-0.4, -0.2) is 36.6 Å². The van der Waals surface area contributed by atoms with Crippen molar-refractivity contribution in [1.82, 2.24) is 10.6 Å². The second-order valence-corrected chi connectivity index (χ2v) is 4.36. The highest BCUT2D eigenvalue weighted by Gasteiger charge is 2.05. The van der Waals surface area contributed by atoms with E-state index in [1.807, 2.05) is 11.4 Å². The first-order valence-corrected chi connectivity index (χ1v) is 6.31. The first-order valence-electron chi connectivity index (χ1n) is 5.43. The fraction of sp³-hybridized carbons (Fsp3) is 0.455. The molecular formula is C11H16N2O3S. The molecule has 0 aliphatic rings. The van der Waals surface area contributed by atoms with Gasteiger partial charge < -0.3 is 15.7 Å². The molecule has 0 aliphatic heterocycles. The smallest absolute Gasteiger partial charge is 0.261 e. The largest absolute Gasteiger partial charge is 0.395 e. The van der Waals surface area contributed by atoms with Crippen molar-refractivity contribution >= 4 is 23.2 Å². The van der Waals surface area contributed by atoms with Crippen LogP contribution < -0.4 is 10.6 Å². The highest BCUT2D eigenvalue weighted by atomic mass is 32.1. The van der Waals surface area contributed by atoms with Crippen molar-refractivity contribution in [2.45, 2.75) is 12.8 Å². The van der Waals surface area contributed by atoms with Crippen LogP contribution in [0.4, 0.5) is 0 Å². The van der Waals surface area contributed by atoms with Crippen LogP contribution >= 0.6 is 11.3 Å². The van der Waals surface area contributed by atoms with Crippen molar-refractivity contribution in [3.05, 3.63) is 22.4 Å². The second kappa shape index (κ2) is 7.81. The van der Waals surface area contributed by atoms with Crippen molar-refractivity contribution in [1.29, 1.82) is 0 Å². The van der Waals surface area contributed by atoms with E-state index in [0.29, 0.717) is 24.3 Å². The second-order valence-electron chi connectivity index (χ2n) is 3.41. The number of carbonyl (C=O) groups is 2. The Morgan fingerprint density at radius 3 is 2.76 bits per heavy atom. The van der Waals surface area contributed by atoms with E-state index in [0.717, 1.165) is 0 Å². The molecule has 6 heteroatoms. The fourth-order valence-electron chi connectivity index (χ4n) is 1.23. The number of rotatable bonds is 7. The van der Waals surface area contributed by atoms with Gasteiger partial charge in [-0.15, -0.1) is 11.3 Å². The SMILES string of the molecule is O=C(CCCNC(=O)c1cccs1)NCCO. The van der Waals surface area contributed by atoms with Crippen LogP contribution in [0.3, 0.4) is 0 Å². The van der Waals surface area contributed by atoms with Gasteiger partial charge in [-0.3, -0.25) is 9.59 Å². The van der Waals surface area contributed by atoms with Gasteiger partial charge in [0, 0.05) is 19.5 Å². The van der Waals surface area contributed by atoms with Crippen LogP contribution in [-0.2, 0) is 4.79 Å². The Morgan fingerprint density at radius 2 is 2.12 bits per heavy atom. The number of aliphatic hydroxyl groups excluding tert-OH is 1. The third-order valence-corrected chi connectivity index (χ3v) is 2.91. The number of thiophene rings is 1. The van der Waals surface area contributed by atoms with E-state index in [4.69, 9.17) is 5.11 Å². The van der Waals surface area contributed by atoms with Gasteiger partial charge in [-0.05, 0) is 17.9 Å². The Labute approximate surface area is 104 Å². The summed E-state index contributed by atoms with van der Waals surface area (Å²) in [5.74, 6) is -0.208. The number of amides is 2. The molecule has 1 aromatic rings. The van der Waals surface area contributed by atoms with Gasteiger partial charge >= 0.3 is 0 Å². The van der Waals surface area contributed by atoms with Crippen LogP contribution in [0.25, 0.3) is 0 Å². The van der Waals surface area contributed by atoms with E-state index < -0.39 is 0 Å². The minimum absolute atomic E-state index is 0.0547. The molecular weight excluding hydrogens is 240 g/mol. The average molecular weight is 256 g/mol. The monoisotopic (exact) mass is 256 g/mol. The minimum Gasteiger partial charge on any atom is -0.395 e. The van der Waals surface area contributed by atoms with Crippen molar-refractivity contribution in [2.24, 2.45) is 0 Å². The predicted octanol–water partition coefficient (Wildman–Crippen LogP) is 0.367. The van der Waals surface area contributed by atoms with Crippen LogP contribution in [0, 0.1) is 0 Å². The maximum atomic E-state index is 11.5. The number of aliphatic hydroxyl groups is 1. The molecule has 17 heavy (non-hydrogen) atoms. The average Bonchev–Trinajstić information content (AvgIpc) is 2.85. The summed E-state index contributed by atoms with van der Waals surface area (Å²) in [5.41, 5.74) is 0. The Kier molecular flexibility index (Phi) is 6.27. The van der Waals surface area contributed by atoms with Gasteiger partial charge in [0.15, 0.2) is 0 Å². The molecule has 5 nitrogen and oxygen atoms in total. The molecule has 0 aliphatic carbocycles. The molecule has 0 fully saturated rings. The number of hydrogen-bond donors (Lipinski definition) is 3. The van der Waals surface area contributed by atoms with Gasteiger partial charge in [0.05, 0.1) is 11.5 Å². The zero-order valence-corrected chi connectivity index (χ0v) is 10.3. The van der Waals surface area contributed by atoms with E-state index in [-0.39, 0.29) is 25.0 Å². The van der Waals surface area contributed by atoms with Crippen molar-refractivity contribution in [3.8, 4) is 0 Å². The zero-order valence-electron chi connectivity index (χ0n) is 9.44. The summed E-state index contributed by atoms with van der Waals surface area (Å²) < 4.78 is 0. The first-order chi connectivity index (χ1) is 8.24. The van der Waals surface area contributed by atoms with Crippen LogP contribution in [0.1, 0.15) is 22.5 Å². The van der Waals surface area contributed by atoms with Gasteiger partial charge in [-0.2, -0.15) is 0 Å². The highest BCUT2D eigenvalue weighted by molar-refractivity contribution is 7.12. The maximum absolute atomic E-state index is 11.5. The molecule has 0 saturated heterocycles. The molecule has 0 aromatic carbocycles. The molecule has 2 amide bonds. The molecule has 1 heterocycles. The van der Waals surface area contributed by atoms with E-state index in [1.54, 1.807) is 6.07 Å². The molecule has 1 aromatic heterocycles. The molecule has 0 saturated carbocycles. The third kappa shape index (κ3) is 5.46. The van der Waals surface area contributed by atoms with Crippen molar-refractivity contribution in [3.63, 3.8) is 0 Å². The zero-order chi connectivity index (χ0) is 12.5. The van der Waals surface area contributed by atoms with Crippen LogP contribution in [0.15, 0.2) is 17.5 Å². The molecule has 3 N–H and O–H groups in total. The summed E-state index contributed by atoms with van der Waals surface area (Å²) in [6.07, 6.45) is 0.944.